The molecule has 0 atom stereocenters. The third-order valence-corrected chi connectivity index (χ3v) is 14.9. The summed E-state index contributed by atoms with van der Waals surface area (Å²) in [6.45, 7) is 5.71. The van der Waals surface area contributed by atoms with Gasteiger partial charge in [0.05, 0.1) is 42.1 Å². The first-order valence-corrected chi connectivity index (χ1v) is 26.8. The Morgan fingerprint density at radius 2 is 1.02 bits per heavy atom. The summed E-state index contributed by atoms with van der Waals surface area (Å²) in [6.07, 6.45) is 1.01. The first-order valence-electron chi connectivity index (χ1n) is 26.8. The number of hydrogen-bond acceptors (Lipinski definition) is 12. The maximum Gasteiger partial charge on any atom is 0.344 e. The van der Waals surface area contributed by atoms with Crippen molar-refractivity contribution in [2.24, 2.45) is 0 Å². The zero-order valence-corrected chi connectivity index (χ0v) is 44.2. The molecule has 7 aromatic carbocycles. The van der Waals surface area contributed by atoms with Gasteiger partial charge in [-0.1, -0.05) is 134 Å². The Kier molecular flexibility index (Phi) is 12.7. The second kappa shape index (κ2) is 20.5. The highest BCUT2D eigenvalue weighted by atomic mass is 16.5. The number of aromatic amines is 2. The van der Waals surface area contributed by atoms with Crippen molar-refractivity contribution in [3.63, 3.8) is 0 Å². The molecule has 13 aromatic rings. The van der Waals surface area contributed by atoms with E-state index in [1.54, 1.807) is 25.1 Å². The first-order chi connectivity index (χ1) is 39.6. The predicted octanol–water partition coefficient (Wildman–Crippen LogP) is 14.2. The quantitative estimate of drug-likeness (QED) is 0.0773. The normalized spacial score (nSPS) is 11.7. The maximum atomic E-state index is 14.3. The Labute approximate surface area is 460 Å². The summed E-state index contributed by atoms with van der Waals surface area (Å²) in [5.74, 6) is -2.12. The molecule has 0 saturated carbocycles. The van der Waals surface area contributed by atoms with Crippen LogP contribution in [0.3, 0.4) is 0 Å². The van der Waals surface area contributed by atoms with Gasteiger partial charge in [0.1, 0.15) is 33.4 Å². The lowest BCUT2D eigenvalue weighted by atomic mass is 9.92. The number of aryl methyl sites for hydroxylation is 2. The van der Waals surface area contributed by atoms with Gasteiger partial charge >= 0.3 is 17.9 Å². The van der Waals surface area contributed by atoms with Gasteiger partial charge in [0.2, 0.25) is 0 Å². The average Bonchev–Trinajstić information content (AvgIpc) is 4.40. The number of aromatic nitrogens is 3. The SMILES string of the molecule is CCOC(=O)c1c(CC)nc2c(oc3cc(CCOC(=O)c4c(-c5ccc(C)cc5)c5oc6cc(CCOC(=O)c7c(-c8ccccc8)c8oc9ccccc9c8[nH]c7=O)ccc6c5[nH]c4=O)ccc32)c1-c1cccc2ccccc12. The minimum Gasteiger partial charge on any atom is -0.462 e. The second-order valence-electron chi connectivity index (χ2n) is 19.9. The van der Waals surface area contributed by atoms with Gasteiger partial charge in [-0.3, -0.25) is 9.59 Å². The van der Waals surface area contributed by atoms with Crippen molar-refractivity contribution in [2.75, 3.05) is 19.8 Å². The number of hydrogen-bond donors (Lipinski definition) is 2. The van der Waals surface area contributed by atoms with E-state index in [1.807, 2.05) is 153 Å². The van der Waals surface area contributed by atoms with Crippen molar-refractivity contribution in [3.05, 3.63) is 218 Å². The summed E-state index contributed by atoms with van der Waals surface area (Å²) in [5.41, 5.74) is 9.19. The molecular formula is C67H49N3O11. The molecule has 14 nitrogen and oxygen atoms in total. The fourth-order valence-electron chi connectivity index (χ4n) is 11.1. The zero-order chi connectivity index (χ0) is 55.5. The molecule has 81 heavy (non-hydrogen) atoms. The van der Waals surface area contributed by atoms with E-state index in [2.05, 4.69) is 9.97 Å². The van der Waals surface area contributed by atoms with E-state index < -0.39 is 29.0 Å². The zero-order valence-electron chi connectivity index (χ0n) is 44.2. The molecule has 0 aliphatic carbocycles. The first kappa shape index (κ1) is 50.2. The largest absolute Gasteiger partial charge is 0.462 e. The molecule has 0 saturated heterocycles. The number of carbonyl (C=O) groups excluding carboxylic acids is 3. The molecule has 2 N–H and O–H groups in total. The number of carbonyl (C=O) groups is 3. The monoisotopic (exact) mass is 1070 g/mol. The molecule has 0 aliphatic heterocycles. The third kappa shape index (κ3) is 8.77. The summed E-state index contributed by atoms with van der Waals surface area (Å²) < 4.78 is 36.8. The standard InChI is InChI=1S/C67H49N3O11/c1-4-47-54(65(73)76-5-2)53(43-20-13-17-39-14-9-10-18-42(39)43)62-57(68-47)45-28-24-37(34-49(45)81-62)30-33-78-67(75)56-52(41-26-22-36(3)23-27-41)61-59(70-64(56)72)46-29-25-38(35-50(46)80-61)31-32-77-66(74)55-51(40-15-7-6-8-16-40)60-58(69-63(55)71)44-19-11-12-21-48(44)79-60/h6-29,34-35H,4-5,30-33H2,1-3H3,(H,69,71)(H,70,72). The molecule has 0 radical (unpaired) electrons. The van der Waals surface area contributed by atoms with Crippen LogP contribution in [-0.4, -0.2) is 52.7 Å². The molecule has 13 rings (SSSR count). The minimum absolute atomic E-state index is 0.0770. The highest BCUT2D eigenvalue weighted by Gasteiger charge is 2.30. The minimum atomic E-state index is -0.835. The van der Waals surface area contributed by atoms with Gasteiger partial charge < -0.3 is 37.4 Å². The number of fused-ring (bicyclic) bond motifs is 10. The summed E-state index contributed by atoms with van der Waals surface area (Å²) >= 11 is 0. The van der Waals surface area contributed by atoms with Crippen LogP contribution in [0.1, 0.15) is 67.3 Å². The van der Waals surface area contributed by atoms with Crippen LogP contribution in [-0.2, 0) is 33.5 Å². The number of benzene rings is 7. The highest BCUT2D eigenvalue weighted by Crippen LogP contribution is 2.43. The molecule has 0 spiro atoms. The molecule has 398 valence electrons. The number of nitrogens with zero attached hydrogens (tertiary/aromatic N) is 1. The summed E-state index contributed by atoms with van der Waals surface area (Å²) in [6, 6.07) is 49.0. The number of ether oxygens (including phenoxy) is 3. The fourth-order valence-corrected chi connectivity index (χ4v) is 11.1. The van der Waals surface area contributed by atoms with Gasteiger partial charge in [0.15, 0.2) is 16.7 Å². The van der Waals surface area contributed by atoms with Crippen LogP contribution in [0.5, 0.6) is 0 Å². The molecule has 0 aliphatic rings. The van der Waals surface area contributed by atoms with E-state index in [0.29, 0.717) is 95.2 Å². The van der Waals surface area contributed by atoms with Crippen molar-refractivity contribution in [2.45, 2.75) is 40.0 Å². The average molecular weight is 1070 g/mol. The smallest absolute Gasteiger partial charge is 0.344 e. The van der Waals surface area contributed by atoms with Gasteiger partial charge in [0.25, 0.3) is 11.1 Å². The number of nitrogens with one attached hydrogen (secondary N) is 2. The molecule has 6 aromatic heterocycles. The van der Waals surface area contributed by atoms with Crippen molar-refractivity contribution >= 4 is 94.9 Å². The van der Waals surface area contributed by atoms with Gasteiger partial charge in [-0.05, 0) is 95.3 Å². The summed E-state index contributed by atoms with van der Waals surface area (Å²) in [4.78, 5) is 80.7. The molecule has 0 fully saturated rings. The van der Waals surface area contributed by atoms with Crippen LogP contribution < -0.4 is 11.1 Å². The van der Waals surface area contributed by atoms with Crippen molar-refractivity contribution in [1.29, 1.82) is 0 Å². The fraction of sp³-hybridized carbons (Fsp3) is 0.134. The Balaban J connectivity index is 0.781. The molecule has 14 heteroatoms. The van der Waals surface area contributed by atoms with E-state index in [0.717, 1.165) is 38.4 Å². The van der Waals surface area contributed by atoms with Crippen LogP contribution >= 0.6 is 0 Å². The Morgan fingerprint density at radius 3 is 1.68 bits per heavy atom. The number of esters is 3. The van der Waals surface area contributed by atoms with E-state index in [9.17, 15) is 24.0 Å². The highest BCUT2D eigenvalue weighted by molar-refractivity contribution is 6.17. The third-order valence-electron chi connectivity index (χ3n) is 14.9. The molecule has 0 unspecified atom stereocenters. The number of para-hydroxylation sites is 1. The van der Waals surface area contributed by atoms with Crippen LogP contribution in [0, 0.1) is 6.92 Å². The lowest BCUT2D eigenvalue weighted by Gasteiger charge is -2.15. The summed E-state index contributed by atoms with van der Waals surface area (Å²) in [7, 11) is 0. The number of furan rings is 3. The van der Waals surface area contributed by atoms with Gasteiger partial charge in [-0.25, -0.2) is 19.4 Å². The maximum absolute atomic E-state index is 14.3. The second-order valence-corrected chi connectivity index (χ2v) is 19.9. The number of pyridine rings is 3. The predicted molar refractivity (Wildman–Crippen MR) is 312 cm³/mol. The molecule has 0 bridgehead atoms. The Bertz CT molecular complexity index is 4820. The van der Waals surface area contributed by atoms with E-state index in [-0.39, 0.29) is 54.9 Å². The van der Waals surface area contributed by atoms with E-state index in [1.165, 1.54) is 0 Å². The van der Waals surface area contributed by atoms with Crippen molar-refractivity contribution in [3.8, 4) is 33.4 Å². The van der Waals surface area contributed by atoms with Gasteiger partial charge in [0, 0.05) is 45.7 Å². The lowest BCUT2D eigenvalue weighted by Crippen LogP contribution is -2.22. The van der Waals surface area contributed by atoms with Crippen molar-refractivity contribution < 1.29 is 41.8 Å². The Hall–Kier alpha value is -10.3. The topological polar surface area (TPSA) is 197 Å². The van der Waals surface area contributed by atoms with Gasteiger partial charge in [-0.15, -0.1) is 0 Å². The number of H-pyrrole nitrogens is 2. The molecular weight excluding hydrogens is 1020 g/mol. The summed E-state index contributed by atoms with van der Waals surface area (Å²) in [5, 5.41) is 4.02. The van der Waals surface area contributed by atoms with Gasteiger partial charge in [-0.2, -0.15) is 0 Å². The van der Waals surface area contributed by atoms with Crippen molar-refractivity contribution in [1.82, 2.24) is 15.0 Å². The Morgan fingerprint density at radius 1 is 0.494 bits per heavy atom. The van der Waals surface area contributed by atoms with E-state index >= 15 is 0 Å². The van der Waals surface area contributed by atoms with Crippen LogP contribution in [0.15, 0.2) is 181 Å². The van der Waals surface area contributed by atoms with Crippen LogP contribution in [0.25, 0.3) is 110 Å². The lowest BCUT2D eigenvalue weighted by molar-refractivity contribution is 0.0498. The molecule has 6 heterocycles. The van der Waals surface area contributed by atoms with E-state index in [4.69, 9.17) is 32.4 Å². The van der Waals surface area contributed by atoms with Crippen LogP contribution in [0.4, 0.5) is 0 Å². The number of rotatable bonds is 14. The van der Waals surface area contributed by atoms with Crippen LogP contribution in [0.2, 0.25) is 0 Å². The molecule has 0 amide bonds.